The number of carbonyl (C=O) groups excluding carboxylic acids is 1. The van der Waals surface area contributed by atoms with Crippen molar-refractivity contribution in [2.75, 3.05) is 4.90 Å². The lowest BCUT2D eigenvalue weighted by molar-refractivity contribution is -0.122. The van der Waals surface area contributed by atoms with Gasteiger partial charge in [-0.1, -0.05) is 60.3 Å². The van der Waals surface area contributed by atoms with Gasteiger partial charge in [0.1, 0.15) is 5.82 Å². The van der Waals surface area contributed by atoms with Gasteiger partial charge in [-0.05, 0) is 79.8 Å². The molecule has 2 unspecified atom stereocenters. The second-order valence-corrected chi connectivity index (χ2v) is 10.0. The first kappa shape index (κ1) is 25.2. The monoisotopic (exact) mass is 508 g/mol. The van der Waals surface area contributed by atoms with Gasteiger partial charge in [-0.15, -0.1) is 0 Å². The van der Waals surface area contributed by atoms with E-state index in [0.717, 1.165) is 36.8 Å². The summed E-state index contributed by atoms with van der Waals surface area (Å²) in [7, 11) is 0. The van der Waals surface area contributed by atoms with Gasteiger partial charge >= 0.3 is 0 Å². The second kappa shape index (κ2) is 11.2. The number of halogens is 3. The third kappa shape index (κ3) is 5.86. The van der Waals surface area contributed by atoms with Crippen LogP contribution in [0.15, 0.2) is 66.7 Å². The molecule has 1 fully saturated rings. The van der Waals surface area contributed by atoms with E-state index in [0.29, 0.717) is 22.7 Å². The Bertz CT molecular complexity index is 1230. The number of rotatable bonds is 7. The minimum absolute atomic E-state index is 0.0149. The molecule has 0 radical (unpaired) electrons. The molecular formula is C29H27Cl2FN2O. The number of hydrogen-bond acceptors (Lipinski definition) is 2. The van der Waals surface area contributed by atoms with Gasteiger partial charge in [-0.3, -0.25) is 4.79 Å². The Morgan fingerprint density at radius 3 is 2.46 bits per heavy atom. The van der Waals surface area contributed by atoms with E-state index in [1.807, 2.05) is 49.4 Å². The van der Waals surface area contributed by atoms with Crippen molar-refractivity contribution in [3.63, 3.8) is 0 Å². The highest BCUT2D eigenvalue weighted by Gasteiger charge is 2.36. The zero-order valence-corrected chi connectivity index (χ0v) is 21.1. The summed E-state index contributed by atoms with van der Waals surface area (Å²) in [5, 5.41) is 10.4. The minimum atomic E-state index is -0.445. The first-order chi connectivity index (χ1) is 16.9. The molecule has 0 heterocycles. The lowest BCUT2D eigenvalue weighted by atomic mass is 9.84. The Hall–Kier alpha value is -2.87. The van der Waals surface area contributed by atoms with Crippen LogP contribution in [0.2, 0.25) is 10.0 Å². The van der Waals surface area contributed by atoms with Gasteiger partial charge in [0.2, 0.25) is 5.91 Å². The summed E-state index contributed by atoms with van der Waals surface area (Å²) in [6, 6.07) is 21.2. The maximum Gasteiger partial charge on any atom is 0.230 e. The number of benzene rings is 3. The third-order valence-corrected chi connectivity index (χ3v) is 7.47. The van der Waals surface area contributed by atoms with E-state index in [1.54, 1.807) is 17.0 Å². The van der Waals surface area contributed by atoms with E-state index in [1.165, 1.54) is 12.1 Å². The molecule has 180 valence electrons. The lowest BCUT2D eigenvalue weighted by Crippen LogP contribution is -2.45. The third-order valence-electron chi connectivity index (χ3n) is 6.91. The molecule has 0 saturated heterocycles. The fourth-order valence-electron chi connectivity index (χ4n) is 5.05. The zero-order valence-electron chi connectivity index (χ0n) is 19.6. The van der Waals surface area contributed by atoms with Crippen LogP contribution < -0.4 is 4.90 Å². The Morgan fingerprint density at radius 1 is 1.09 bits per heavy atom. The highest BCUT2D eigenvalue weighted by molar-refractivity contribution is 6.33. The topological polar surface area (TPSA) is 44.1 Å². The lowest BCUT2D eigenvalue weighted by Gasteiger charge is -2.37. The predicted octanol–water partition coefficient (Wildman–Crippen LogP) is 7.94. The first-order valence-corrected chi connectivity index (χ1v) is 12.7. The molecule has 1 aliphatic rings. The fourth-order valence-corrected chi connectivity index (χ4v) is 5.43. The van der Waals surface area contributed by atoms with Crippen molar-refractivity contribution in [3.8, 4) is 6.07 Å². The summed E-state index contributed by atoms with van der Waals surface area (Å²) in [6.07, 6.45) is 4.35. The molecule has 3 aromatic rings. The van der Waals surface area contributed by atoms with E-state index < -0.39 is 5.82 Å². The van der Waals surface area contributed by atoms with Gasteiger partial charge < -0.3 is 4.90 Å². The van der Waals surface area contributed by atoms with Gasteiger partial charge in [0.15, 0.2) is 0 Å². The van der Waals surface area contributed by atoms with Crippen molar-refractivity contribution in [1.82, 2.24) is 0 Å². The maximum absolute atomic E-state index is 13.9. The van der Waals surface area contributed by atoms with Gasteiger partial charge in [0.05, 0.1) is 22.3 Å². The summed E-state index contributed by atoms with van der Waals surface area (Å²) >= 11 is 12.6. The van der Waals surface area contributed by atoms with Crippen molar-refractivity contribution in [3.05, 3.63) is 99.3 Å². The smallest absolute Gasteiger partial charge is 0.230 e. The number of anilines is 1. The summed E-state index contributed by atoms with van der Waals surface area (Å²) in [4.78, 5) is 15.6. The number of amides is 1. The molecule has 1 saturated carbocycles. The molecule has 35 heavy (non-hydrogen) atoms. The first-order valence-electron chi connectivity index (χ1n) is 11.9. The molecule has 0 spiro atoms. The molecule has 3 nitrogen and oxygen atoms in total. The predicted molar refractivity (Wildman–Crippen MR) is 139 cm³/mol. The van der Waals surface area contributed by atoms with Crippen molar-refractivity contribution >= 4 is 34.8 Å². The Morgan fingerprint density at radius 2 is 1.80 bits per heavy atom. The van der Waals surface area contributed by atoms with Crippen LogP contribution in [0.3, 0.4) is 0 Å². The van der Waals surface area contributed by atoms with Crippen LogP contribution in [0.25, 0.3) is 0 Å². The molecular weight excluding hydrogens is 482 g/mol. The van der Waals surface area contributed by atoms with Crippen LogP contribution >= 0.6 is 23.2 Å². The van der Waals surface area contributed by atoms with E-state index in [2.05, 4.69) is 6.07 Å². The van der Waals surface area contributed by atoms with Gasteiger partial charge in [0, 0.05) is 22.9 Å². The van der Waals surface area contributed by atoms with Gasteiger partial charge in [0.25, 0.3) is 0 Å². The molecule has 4 rings (SSSR count). The van der Waals surface area contributed by atoms with E-state index in [-0.39, 0.29) is 28.8 Å². The standard InChI is InChI=1S/C29H27Cl2FN2O/c1-19(34(29(35)22-6-2-3-7-22)28-14-13-25(32)17-27(28)31)26(16-20-9-11-24(30)12-10-20)23-8-4-5-21(15-23)18-33/h4-5,8-15,17,19,22,26H,2-3,6-7,16H2,1H3. The number of nitrogens with zero attached hydrogens (tertiary/aromatic N) is 2. The van der Waals surface area contributed by atoms with Crippen LogP contribution in [0.4, 0.5) is 10.1 Å². The molecule has 0 N–H and O–H groups in total. The summed E-state index contributed by atoms with van der Waals surface area (Å²) in [6.45, 7) is 2.01. The second-order valence-electron chi connectivity index (χ2n) is 9.20. The number of hydrogen-bond donors (Lipinski definition) is 0. The van der Waals surface area contributed by atoms with Crippen molar-refractivity contribution in [2.45, 2.75) is 51.0 Å². The molecule has 2 atom stereocenters. The molecule has 0 aromatic heterocycles. The maximum atomic E-state index is 13.9. The average molecular weight is 509 g/mol. The van der Waals surface area contributed by atoms with Crippen LogP contribution in [0.1, 0.15) is 55.2 Å². The van der Waals surface area contributed by atoms with Crippen LogP contribution in [0, 0.1) is 23.1 Å². The fraction of sp³-hybridized carbons (Fsp3) is 0.310. The summed E-state index contributed by atoms with van der Waals surface area (Å²) in [5.41, 5.74) is 3.08. The number of carbonyl (C=O) groups is 1. The highest BCUT2D eigenvalue weighted by Crippen LogP contribution is 2.38. The largest absolute Gasteiger partial charge is 0.307 e. The zero-order chi connectivity index (χ0) is 24.9. The Labute approximate surface area is 216 Å². The molecule has 0 aliphatic heterocycles. The molecule has 1 aliphatic carbocycles. The number of nitriles is 1. The highest BCUT2D eigenvalue weighted by atomic mass is 35.5. The van der Waals surface area contributed by atoms with E-state index in [4.69, 9.17) is 23.2 Å². The Balaban J connectivity index is 1.80. The van der Waals surface area contributed by atoms with Crippen molar-refractivity contribution in [1.29, 1.82) is 5.26 Å². The molecule has 1 amide bonds. The van der Waals surface area contributed by atoms with Gasteiger partial charge in [-0.25, -0.2) is 4.39 Å². The SMILES string of the molecule is CC(C(Cc1ccc(Cl)cc1)c1cccc(C#N)c1)N(C(=O)C1CCCC1)c1ccc(F)cc1Cl. The van der Waals surface area contributed by atoms with Gasteiger partial charge in [-0.2, -0.15) is 5.26 Å². The van der Waals surface area contributed by atoms with Crippen LogP contribution in [0.5, 0.6) is 0 Å². The Kier molecular flexibility index (Phi) is 8.11. The molecule has 3 aromatic carbocycles. The van der Waals surface area contributed by atoms with E-state index >= 15 is 0 Å². The van der Waals surface area contributed by atoms with Crippen LogP contribution in [-0.2, 0) is 11.2 Å². The normalized spacial score (nSPS) is 15.4. The minimum Gasteiger partial charge on any atom is -0.307 e. The molecule has 0 bridgehead atoms. The van der Waals surface area contributed by atoms with E-state index in [9.17, 15) is 14.4 Å². The van der Waals surface area contributed by atoms with Crippen molar-refractivity contribution in [2.24, 2.45) is 5.92 Å². The quantitative estimate of drug-likeness (QED) is 0.325. The summed E-state index contributed by atoms with van der Waals surface area (Å²) < 4.78 is 13.9. The molecule has 6 heteroatoms. The van der Waals surface area contributed by atoms with Crippen molar-refractivity contribution < 1.29 is 9.18 Å². The summed E-state index contributed by atoms with van der Waals surface area (Å²) in [5.74, 6) is -0.656. The average Bonchev–Trinajstić information content (AvgIpc) is 3.40. The van der Waals surface area contributed by atoms with Crippen LogP contribution in [-0.4, -0.2) is 11.9 Å².